The maximum Gasteiger partial charge on any atom is 0.305 e. The molecule has 0 spiro atoms. The van der Waals surface area contributed by atoms with Gasteiger partial charge in [0.1, 0.15) is 6.29 Å². The van der Waals surface area contributed by atoms with Gasteiger partial charge in [0.05, 0.1) is 7.11 Å². The molecule has 0 rings (SSSR count). The number of rotatable bonds is 8. The van der Waals surface area contributed by atoms with Gasteiger partial charge in [-0.05, 0) is 31.1 Å². The molecule has 0 N–H and O–H groups in total. The van der Waals surface area contributed by atoms with Crippen LogP contribution in [0.15, 0.2) is 0 Å². The second-order valence-corrected chi connectivity index (χ2v) is 4.91. The highest BCUT2D eigenvalue weighted by Gasteiger charge is 2.13. The molecular formula is C13H24O3. The van der Waals surface area contributed by atoms with Crippen LogP contribution in [-0.4, -0.2) is 19.4 Å². The van der Waals surface area contributed by atoms with E-state index >= 15 is 0 Å². The Morgan fingerprint density at radius 2 is 1.81 bits per heavy atom. The molecule has 16 heavy (non-hydrogen) atoms. The Hall–Kier alpha value is -0.860. The van der Waals surface area contributed by atoms with Gasteiger partial charge in [-0.2, -0.15) is 0 Å². The number of carbonyl (C=O) groups excluding carboxylic acids is 2. The molecule has 94 valence electrons. The summed E-state index contributed by atoms with van der Waals surface area (Å²) in [6, 6.07) is 0. The number of ether oxygens (including phenoxy) is 1. The molecule has 0 saturated carbocycles. The fourth-order valence-corrected chi connectivity index (χ4v) is 2.06. The molecule has 0 aliphatic rings. The smallest absolute Gasteiger partial charge is 0.305 e. The van der Waals surface area contributed by atoms with Crippen molar-refractivity contribution in [2.75, 3.05) is 7.11 Å². The lowest BCUT2D eigenvalue weighted by Crippen LogP contribution is -2.10. The molecule has 0 amide bonds. The predicted octanol–water partition coefficient (Wildman–Crippen LogP) is 2.83. The van der Waals surface area contributed by atoms with E-state index in [4.69, 9.17) is 0 Å². The highest BCUT2D eigenvalue weighted by atomic mass is 16.5. The van der Waals surface area contributed by atoms with Gasteiger partial charge in [-0.25, -0.2) is 0 Å². The average molecular weight is 228 g/mol. The average Bonchev–Trinajstić information content (AvgIpc) is 2.25. The highest BCUT2D eigenvalue weighted by Crippen LogP contribution is 2.21. The first-order chi connectivity index (χ1) is 7.49. The van der Waals surface area contributed by atoms with E-state index in [9.17, 15) is 9.59 Å². The van der Waals surface area contributed by atoms with E-state index < -0.39 is 0 Å². The molecule has 0 radical (unpaired) electrons. The fraction of sp³-hybridized carbons (Fsp3) is 0.846. The fourth-order valence-electron chi connectivity index (χ4n) is 2.06. The third-order valence-electron chi connectivity index (χ3n) is 2.88. The molecule has 0 saturated heterocycles. The number of hydrogen-bond acceptors (Lipinski definition) is 3. The first kappa shape index (κ1) is 15.1. The summed E-state index contributed by atoms with van der Waals surface area (Å²) in [5.74, 6) is 1.05. The molecule has 0 aliphatic heterocycles. The van der Waals surface area contributed by atoms with Crippen molar-refractivity contribution in [1.29, 1.82) is 0 Å². The normalized spacial score (nSPS) is 16.2. The lowest BCUT2D eigenvalue weighted by molar-refractivity contribution is -0.140. The number of aldehydes is 1. The zero-order valence-electron chi connectivity index (χ0n) is 10.9. The summed E-state index contributed by atoms with van der Waals surface area (Å²) in [4.78, 5) is 21.5. The lowest BCUT2D eigenvalue weighted by atomic mass is 9.88. The molecule has 3 nitrogen and oxygen atoms in total. The molecular weight excluding hydrogens is 204 g/mol. The lowest BCUT2D eigenvalue weighted by Gasteiger charge is -2.17. The van der Waals surface area contributed by atoms with Gasteiger partial charge >= 0.3 is 5.97 Å². The van der Waals surface area contributed by atoms with E-state index in [1.165, 1.54) is 7.11 Å². The van der Waals surface area contributed by atoms with Gasteiger partial charge < -0.3 is 9.53 Å². The summed E-state index contributed by atoms with van der Waals surface area (Å²) < 4.78 is 4.60. The summed E-state index contributed by atoms with van der Waals surface area (Å²) in [6.45, 7) is 6.25. The zero-order chi connectivity index (χ0) is 12.6. The molecule has 3 atom stereocenters. The van der Waals surface area contributed by atoms with E-state index in [0.29, 0.717) is 18.3 Å². The standard InChI is InChI=1S/C13H24O3/c1-10(5-6-13(15)16-4)7-11(2)8-12(3)9-14/h9-12H,5-8H2,1-4H3/t10-,11+,12+/m1/s1. The largest absolute Gasteiger partial charge is 0.469 e. The van der Waals surface area contributed by atoms with Crippen LogP contribution in [0.25, 0.3) is 0 Å². The SMILES string of the molecule is COC(=O)CC[C@@H](C)C[C@H](C)C[C@H](C)C=O. The Bertz CT molecular complexity index is 213. The van der Waals surface area contributed by atoms with Gasteiger partial charge in [0.25, 0.3) is 0 Å². The molecule has 3 heteroatoms. The minimum Gasteiger partial charge on any atom is -0.469 e. The van der Waals surface area contributed by atoms with Gasteiger partial charge in [0.2, 0.25) is 0 Å². The topological polar surface area (TPSA) is 43.4 Å². The summed E-state index contributed by atoms with van der Waals surface area (Å²) in [7, 11) is 1.42. The second-order valence-electron chi connectivity index (χ2n) is 4.91. The molecule has 0 aromatic rings. The van der Waals surface area contributed by atoms with Crippen LogP contribution in [0.5, 0.6) is 0 Å². The van der Waals surface area contributed by atoms with Gasteiger partial charge in [-0.1, -0.05) is 20.8 Å². The molecule has 0 aromatic heterocycles. The molecule has 0 fully saturated rings. The van der Waals surface area contributed by atoms with Gasteiger partial charge in [-0.15, -0.1) is 0 Å². The van der Waals surface area contributed by atoms with Crippen LogP contribution < -0.4 is 0 Å². The van der Waals surface area contributed by atoms with Crippen LogP contribution in [0.2, 0.25) is 0 Å². The van der Waals surface area contributed by atoms with Crippen molar-refractivity contribution in [1.82, 2.24) is 0 Å². The van der Waals surface area contributed by atoms with Crippen LogP contribution in [0.1, 0.15) is 46.5 Å². The quantitative estimate of drug-likeness (QED) is 0.474. The molecule has 0 heterocycles. The third kappa shape index (κ3) is 7.43. The monoisotopic (exact) mass is 228 g/mol. The molecule has 0 aromatic carbocycles. The minimum absolute atomic E-state index is 0.138. The molecule has 0 unspecified atom stereocenters. The minimum atomic E-state index is -0.138. The second kappa shape index (κ2) is 8.31. The van der Waals surface area contributed by atoms with Crippen molar-refractivity contribution < 1.29 is 14.3 Å². The summed E-state index contributed by atoms with van der Waals surface area (Å²) >= 11 is 0. The van der Waals surface area contributed by atoms with E-state index in [0.717, 1.165) is 25.5 Å². The van der Waals surface area contributed by atoms with Crippen molar-refractivity contribution in [3.63, 3.8) is 0 Å². The third-order valence-corrected chi connectivity index (χ3v) is 2.88. The van der Waals surface area contributed by atoms with Gasteiger partial charge in [-0.3, -0.25) is 4.79 Å². The van der Waals surface area contributed by atoms with Crippen LogP contribution in [0, 0.1) is 17.8 Å². The van der Waals surface area contributed by atoms with E-state index in [-0.39, 0.29) is 11.9 Å². The van der Waals surface area contributed by atoms with Crippen LogP contribution in [-0.2, 0) is 14.3 Å². The first-order valence-corrected chi connectivity index (χ1v) is 6.01. The maximum absolute atomic E-state index is 11.0. The first-order valence-electron chi connectivity index (χ1n) is 6.01. The number of hydrogen-bond donors (Lipinski definition) is 0. The highest BCUT2D eigenvalue weighted by molar-refractivity contribution is 5.69. The van der Waals surface area contributed by atoms with E-state index in [1.807, 2.05) is 6.92 Å². The number of carbonyl (C=O) groups is 2. The van der Waals surface area contributed by atoms with Gasteiger partial charge in [0.15, 0.2) is 0 Å². The van der Waals surface area contributed by atoms with Gasteiger partial charge in [0, 0.05) is 12.3 Å². The van der Waals surface area contributed by atoms with Crippen LogP contribution in [0.4, 0.5) is 0 Å². The van der Waals surface area contributed by atoms with Crippen molar-refractivity contribution in [3.8, 4) is 0 Å². The van der Waals surface area contributed by atoms with E-state index in [1.54, 1.807) is 0 Å². The van der Waals surface area contributed by atoms with E-state index in [2.05, 4.69) is 18.6 Å². The maximum atomic E-state index is 11.0. The Morgan fingerprint density at radius 1 is 1.19 bits per heavy atom. The summed E-state index contributed by atoms with van der Waals surface area (Å²) in [5, 5.41) is 0. The van der Waals surface area contributed by atoms with Crippen LogP contribution in [0.3, 0.4) is 0 Å². The number of esters is 1. The van der Waals surface area contributed by atoms with Crippen molar-refractivity contribution in [2.24, 2.45) is 17.8 Å². The Balaban J connectivity index is 3.73. The molecule has 0 bridgehead atoms. The van der Waals surface area contributed by atoms with Crippen LogP contribution >= 0.6 is 0 Å². The Kier molecular flexibility index (Phi) is 7.86. The van der Waals surface area contributed by atoms with Crippen molar-refractivity contribution in [2.45, 2.75) is 46.5 Å². The Morgan fingerprint density at radius 3 is 2.31 bits per heavy atom. The van der Waals surface area contributed by atoms with Crippen molar-refractivity contribution in [3.05, 3.63) is 0 Å². The summed E-state index contributed by atoms with van der Waals surface area (Å²) in [5.41, 5.74) is 0. The zero-order valence-corrected chi connectivity index (χ0v) is 10.9. The summed E-state index contributed by atoms with van der Waals surface area (Å²) in [6.07, 6.45) is 4.37. The number of methoxy groups -OCH3 is 1. The Labute approximate surface area is 98.6 Å². The van der Waals surface area contributed by atoms with Crippen molar-refractivity contribution >= 4 is 12.3 Å². The predicted molar refractivity (Wildman–Crippen MR) is 64.0 cm³/mol. The molecule has 0 aliphatic carbocycles.